The number of likely N-dealkylation sites (tertiary alicyclic amines) is 2. The number of rotatable bonds is 5. The van der Waals surface area contributed by atoms with Crippen molar-refractivity contribution < 1.29 is 0 Å². The van der Waals surface area contributed by atoms with E-state index in [0.29, 0.717) is 0 Å². The molecule has 4 heteroatoms. The minimum absolute atomic E-state index is 0.875. The predicted octanol–water partition coefficient (Wildman–Crippen LogP) is 3.86. The Hall–Kier alpha value is -1.81. The van der Waals surface area contributed by atoms with Crippen LogP contribution in [-0.2, 0) is 0 Å². The van der Waals surface area contributed by atoms with Crippen LogP contribution >= 0.6 is 0 Å². The Kier molecular flexibility index (Phi) is 7.76. The summed E-state index contributed by atoms with van der Waals surface area (Å²) >= 11 is 0. The third kappa shape index (κ3) is 6.10. The van der Waals surface area contributed by atoms with Gasteiger partial charge in [0.05, 0.1) is 0 Å². The van der Waals surface area contributed by atoms with Gasteiger partial charge in [-0.2, -0.15) is 0 Å². The first kappa shape index (κ1) is 19.9. The second-order valence-corrected chi connectivity index (χ2v) is 7.84. The van der Waals surface area contributed by atoms with Crippen LogP contribution in [-0.4, -0.2) is 62.1 Å². The zero-order valence-corrected chi connectivity index (χ0v) is 17.2. The van der Waals surface area contributed by atoms with Gasteiger partial charge in [0, 0.05) is 26.7 Å². The maximum absolute atomic E-state index is 4.53. The highest BCUT2D eigenvalue weighted by atomic mass is 15.3. The predicted molar refractivity (Wildman–Crippen MR) is 116 cm³/mol. The highest BCUT2D eigenvalue weighted by Crippen LogP contribution is 2.21. The average molecular weight is 369 g/mol. The Morgan fingerprint density at radius 3 is 2.44 bits per heavy atom. The monoisotopic (exact) mass is 368 g/mol. The van der Waals surface area contributed by atoms with Crippen LogP contribution in [0.25, 0.3) is 6.08 Å². The SMILES string of the molecule is CCN1CCC(CCNC(=NC)N2CCC(=Cc3ccccc3)CC2)CC1. The van der Waals surface area contributed by atoms with Crippen molar-refractivity contribution in [3.63, 3.8) is 0 Å². The fourth-order valence-electron chi connectivity index (χ4n) is 4.25. The molecule has 2 fully saturated rings. The molecule has 148 valence electrons. The van der Waals surface area contributed by atoms with Crippen molar-refractivity contribution in [3.8, 4) is 0 Å². The normalized spacial score (nSPS) is 20.0. The van der Waals surface area contributed by atoms with Crippen LogP contribution in [0.1, 0.15) is 44.6 Å². The summed E-state index contributed by atoms with van der Waals surface area (Å²) in [5.74, 6) is 1.96. The van der Waals surface area contributed by atoms with E-state index in [1.165, 1.54) is 44.5 Å². The summed E-state index contributed by atoms with van der Waals surface area (Å²) < 4.78 is 0. The third-order valence-corrected chi connectivity index (χ3v) is 6.08. The lowest BCUT2D eigenvalue weighted by molar-refractivity contribution is 0.187. The van der Waals surface area contributed by atoms with Gasteiger partial charge in [-0.3, -0.25) is 4.99 Å². The quantitative estimate of drug-likeness (QED) is 0.632. The highest BCUT2D eigenvalue weighted by molar-refractivity contribution is 5.80. The van der Waals surface area contributed by atoms with Gasteiger partial charge in [0.15, 0.2) is 5.96 Å². The topological polar surface area (TPSA) is 30.9 Å². The largest absolute Gasteiger partial charge is 0.356 e. The van der Waals surface area contributed by atoms with Gasteiger partial charge in [0.1, 0.15) is 0 Å². The smallest absolute Gasteiger partial charge is 0.193 e. The molecule has 27 heavy (non-hydrogen) atoms. The molecule has 2 heterocycles. The van der Waals surface area contributed by atoms with Gasteiger partial charge in [-0.15, -0.1) is 0 Å². The molecule has 2 aliphatic rings. The number of nitrogens with zero attached hydrogens (tertiary/aromatic N) is 3. The standard InChI is InChI=1S/C23H36N4/c1-3-26-15-10-20(11-16-26)9-14-25-23(24-2)27-17-12-22(13-18-27)19-21-7-5-4-6-8-21/h4-8,19-20H,3,9-18H2,1-2H3,(H,24,25). The van der Waals surface area contributed by atoms with E-state index in [4.69, 9.17) is 0 Å². The molecule has 4 nitrogen and oxygen atoms in total. The molecule has 0 radical (unpaired) electrons. The van der Waals surface area contributed by atoms with Gasteiger partial charge in [0.2, 0.25) is 0 Å². The minimum atomic E-state index is 0.875. The first-order valence-electron chi connectivity index (χ1n) is 10.7. The van der Waals surface area contributed by atoms with Crippen molar-refractivity contribution in [2.45, 2.75) is 39.0 Å². The summed E-state index contributed by atoms with van der Waals surface area (Å²) in [7, 11) is 1.91. The van der Waals surface area contributed by atoms with Gasteiger partial charge in [-0.25, -0.2) is 0 Å². The summed E-state index contributed by atoms with van der Waals surface area (Å²) in [6, 6.07) is 10.7. The summed E-state index contributed by atoms with van der Waals surface area (Å²) in [4.78, 5) is 9.52. The zero-order chi connectivity index (χ0) is 18.9. The molecule has 0 saturated carbocycles. The lowest BCUT2D eigenvalue weighted by Gasteiger charge is -2.33. The third-order valence-electron chi connectivity index (χ3n) is 6.08. The Bertz CT molecular complexity index is 605. The number of hydrogen-bond donors (Lipinski definition) is 1. The summed E-state index contributed by atoms with van der Waals surface area (Å²) in [6.45, 7) is 9.20. The van der Waals surface area contributed by atoms with E-state index in [2.05, 4.69) is 63.4 Å². The number of benzene rings is 1. The Morgan fingerprint density at radius 1 is 1.11 bits per heavy atom. The van der Waals surface area contributed by atoms with E-state index in [-0.39, 0.29) is 0 Å². The lowest BCUT2D eigenvalue weighted by atomic mass is 9.93. The van der Waals surface area contributed by atoms with Crippen LogP contribution in [0.2, 0.25) is 0 Å². The van der Waals surface area contributed by atoms with Gasteiger partial charge in [-0.1, -0.05) is 48.9 Å². The van der Waals surface area contributed by atoms with Crippen molar-refractivity contribution >= 4 is 12.0 Å². The number of hydrogen-bond acceptors (Lipinski definition) is 2. The molecule has 1 N–H and O–H groups in total. The molecule has 0 atom stereocenters. The molecule has 1 aromatic rings. The molecular weight excluding hydrogens is 332 g/mol. The van der Waals surface area contributed by atoms with E-state index >= 15 is 0 Å². The summed E-state index contributed by atoms with van der Waals surface area (Å²) in [5.41, 5.74) is 2.87. The molecule has 1 aromatic carbocycles. The van der Waals surface area contributed by atoms with Crippen LogP contribution in [0, 0.1) is 5.92 Å². The second-order valence-electron chi connectivity index (χ2n) is 7.84. The average Bonchev–Trinajstić information content (AvgIpc) is 2.73. The van der Waals surface area contributed by atoms with E-state index in [1.807, 2.05) is 7.05 Å². The molecular formula is C23H36N4. The van der Waals surface area contributed by atoms with Crippen molar-refractivity contribution in [2.75, 3.05) is 46.3 Å². The van der Waals surface area contributed by atoms with E-state index < -0.39 is 0 Å². The minimum Gasteiger partial charge on any atom is -0.356 e. The highest BCUT2D eigenvalue weighted by Gasteiger charge is 2.19. The van der Waals surface area contributed by atoms with Crippen molar-refractivity contribution in [2.24, 2.45) is 10.9 Å². The lowest BCUT2D eigenvalue weighted by Crippen LogP contribution is -2.45. The van der Waals surface area contributed by atoms with Crippen LogP contribution < -0.4 is 5.32 Å². The molecule has 0 bridgehead atoms. The van der Waals surface area contributed by atoms with Crippen LogP contribution in [0.4, 0.5) is 0 Å². The van der Waals surface area contributed by atoms with Crippen molar-refractivity contribution in [3.05, 3.63) is 41.5 Å². The van der Waals surface area contributed by atoms with Gasteiger partial charge in [0.25, 0.3) is 0 Å². The van der Waals surface area contributed by atoms with E-state index in [1.54, 1.807) is 5.57 Å². The molecule has 0 amide bonds. The zero-order valence-electron chi connectivity index (χ0n) is 17.2. The molecule has 2 aliphatic heterocycles. The maximum Gasteiger partial charge on any atom is 0.193 e. The number of guanidine groups is 1. The van der Waals surface area contributed by atoms with E-state index in [0.717, 1.165) is 44.4 Å². The number of nitrogens with one attached hydrogen (secondary N) is 1. The van der Waals surface area contributed by atoms with Crippen molar-refractivity contribution in [1.82, 2.24) is 15.1 Å². The van der Waals surface area contributed by atoms with Gasteiger partial charge in [-0.05, 0) is 63.2 Å². The van der Waals surface area contributed by atoms with Gasteiger partial charge < -0.3 is 15.1 Å². The van der Waals surface area contributed by atoms with Crippen LogP contribution in [0.15, 0.2) is 40.9 Å². The molecule has 0 aromatic heterocycles. The Labute approximate surface area is 165 Å². The fourth-order valence-corrected chi connectivity index (χ4v) is 4.25. The second kappa shape index (κ2) is 10.5. The van der Waals surface area contributed by atoms with Crippen LogP contribution in [0.3, 0.4) is 0 Å². The number of piperidine rings is 2. The molecule has 3 rings (SSSR count). The van der Waals surface area contributed by atoms with Crippen molar-refractivity contribution in [1.29, 1.82) is 0 Å². The summed E-state index contributed by atoms with van der Waals surface area (Å²) in [5, 5.41) is 3.62. The van der Waals surface area contributed by atoms with Crippen LogP contribution in [0.5, 0.6) is 0 Å². The first-order chi connectivity index (χ1) is 13.3. The molecule has 2 saturated heterocycles. The number of aliphatic imine (C=N–C) groups is 1. The molecule has 0 spiro atoms. The van der Waals surface area contributed by atoms with Gasteiger partial charge >= 0.3 is 0 Å². The van der Waals surface area contributed by atoms with E-state index in [9.17, 15) is 0 Å². The molecule has 0 unspecified atom stereocenters. The first-order valence-corrected chi connectivity index (χ1v) is 10.7. The summed E-state index contributed by atoms with van der Waals surface area (Å²) in [6.07, 6.45) is 8.59. The molecule has 0 aliphatic carbocycles. The Morgan fingerprint density at radius 2 is 1.81 bits per heavy atom. The Balaban J connectivity index is 1.40. The maximum atomic E-state index is 4.53. The fraction of sp³-hybridized carbons (Fsp3) is 0.609.